The van der Waals surface area contributed by atoms with E-state index in [9.17, 15) is 9.59 Å². The number of amides is 1. The number of nitrogens with zero attached hydrogens (tertiary/aromatic N) is 1. The molecule has 1 amide bonds. The molecule has 0 saturated heterocycles. The Morgan fingerprint density at radius 1 is 1.62 bits per heavy atom. The molecule has 7 heteroatoms. The zero-order valence-corrected chi connectivity index (χ0v) is 8.73. The zero-order valence-electron chi connectivity index (χ0n) is 8.73. The van der Waals surface area contributed by atoms with E-state index in [0.29, 0.717) is 0 Å². The fourth-order valence-corrected chi connectivity index (χ4v) is 1.07. The van der Waals surface area contributed by atoms with E-state index in [1.807, 2.05) is 0 Å². The zero-order chi connectivity index (χ0) is 12.1. The van der Waals surface area contributed by atoms with Gasteiger partial charge in [0.1, 0.15) is 5.69 Å². The maximum atomic E-state index is 11.4. The topological polar surface area (TPSA) is 115 Å². The number of hydrogen-bond donors (Lipinski definition) is 4. The molecule has 0 aliphatic rings. The number of carboxylic acids is 1. The monoisotopic (exact) mass is 227 g/mol. The predicted octanol–water partition coefficient (Wildman–Crippen LogP) is -0.716. The number of carbonyl (C=O) groups is 2. The van der Waals surface area contributed by atoms with Crippen LogP contribution in [0.2, 0.25) is 0 Å². The highest BCUT2D eigenvalue weighted by molar-refractivity contribution is 5.92. The minimum Gasteiger partial charge on any atom is -0.479 e. The van der Waals surface area contributed by atoms with E-state index in [1.54, 1.807) is 13.0 Å². The summed E-state index contributed by atoms with van der Waals surface area (Å²) in [7, 11) is 0. The minimum atomic E-state index is -1.46. The van der Waals surface area contributed by atoms with Crippen molar-refractivity contribution in [2.45, 2.75) is 19.4 Å². The lowest BCUT2D eigenvalue weighted by Crippen LogP contribution is -2.30. The van der Waals surface area contributed by atoms with Crippen LogP contribution < -0.4 is 5.32 Å². The number of aliphatic carboxylic acids is 1. The number of aliphatic hydroxyl groups excluding tert-OH is 1. The Labute approximate surface area is 91.5 Å². The number of aromatic nitrogens is 2. The van der Waals surface area contributed by atoms with Crippen molar-refractivity contribution >= 4 is 11.9 Å². The SMILES string of the molecule is Cc1cc(C(=O)NCCC(O)C(=O)O)n[nH]1. The quantitative estimate of drug-likeness (QED) is 0.530. The molecule has 1 aromatic heterocycles. The van der Waals surface area contributed by atoms with Crippen LogP contribution in [0.3, 0.4) is 0 Å². The molecule has 1 rings (SSSR count). The predicted molar refractivity (Wildman–Crippen MR) is 53.9 cm³/mol. The Morgan fingerprint density at radius 3 is 2.81 bits per heavy atom. The Balaban J connectivity index is 2.34. The third-order valence-electron chi connectivity index (χ3n) is 1.93. The lowest BCUT2D eigenvalue weighted by atomic mass is 10.2. The molecule has 0 spiro atoms. The van der Waals surface area contributed by atoms with Gasteiger partial charge in [-0.2, -0.15) is 5.10 Å². The molecule has 88 valence electrons. The number of hydrogen-bond acceptors (Lipinski definition) is 4. The molecule has 0 aliphatic carbocycles. The van der Waals surface area contributed by atoms with Crippen LogP contribution in [0.4, 0.5) is 0 Å². The number of rotatable bonds is 5. The van der Waals surface area contributed by atoms with Crippen molar-refractivity contribution in [2.75, 3.05) is 6.54 Å². The van der Waals surface area contributed by atoms with Crippen LogP contribution in [0.5, 0.6) is 0 Å². The Bertz CT molecular complexity index is 388. The molecule has 0 saturated carbocycles. The number of carboxylic acid groups (broad SMARTS) is 1. The van der Waals surface area contributed by atoms with E-state index < -0.39 is 18.0 Å². The largest absolute Gasteiger partial charge is 0.479 e. The molecule has 16 heavy (non-hydrogen) atoms. The summed E-state index contributed by atoms with van der Waals surface area (Å²) in [4.78, 5) is 21.7. The summed E-state index contributed by atoms with van der Waals surface area (Å²) in [6.07, 6.45) is -1.49. The van der Waals surface area contributed by atoms with Gasteiger partial charge in [-0.15, -0.1) is 0 Å². The average Bonchev–Trinajstić information content (AvgIpc) is 2.64. The molecule has 0 aromatic carbocycles. The first-order valence-corrected chi connectivity index (χ1v) is 4.72. The summed E-state index contributed by atoms with van der Waals surface area (Å²) >= 11 is 0. The highest BCUT2D eigenvalue weighted by Crippen LogP contribution is 1.97. The van der Waals surface area contributed by atoms with Crippen molar-refractivity contribution in [2.24, 2.45) is 0 Å². The molecule has 1 aromatic rings. The van der Waals surface area contributed by atoms with Crippen molar-refractivity contribution in [1.29, 1.82) is 0 Å². The molecular formula is C9H13N3O4. The molecule has 1 unspecified atom stereocenters. The number of H-pyrrole nitrogens is 1. The van der Waals surface area contributed by atoms with Gasteiger partial charge >= 0.3 is 5.97 Å². The number of nitrogens with one attached hydrogen (secondary N) is 2. The molecule has 0 radical (unpaired) electrons. The minimum absolute atomic E-state index is 0.0372. The van der Waals surface area contributed by atoms with Crippen molar-refractivity contribution < 1.29 is 19.8 Å². The number of aromatic amines is 1. The molecule has 0 bridgehead atoms. The summed E-state index contributed by atoms with van der Waals surface area (Å²) in [6, 6.07) is 1.57. The van der Waals surface area contributed by atoms with Gasteiger partial charge in [0.25, 0.3) is 5.91 Å². The number of aryl methyl sites for hydroxylation is 1. The fourth-order valence-electron chi connectivity index (χ4n) is 1.07. The number of aliphatic hydroxyl groups is 1. The van der Waals surface area contributed by atoms with Gasteiger partial charge in [-0.3, -0.25) is 9.89 Å². The third-order valence-corrected chi connectivity index (χ3v) is 1.93. The van der Waals surface area contributed by atoms with E-state index in [4.69, 9.17) is 10.2 Å². The summed E-state index contributed by atoms with van der Waals surface area (Å²) < 4.78 is 0. The Morgan fingerprint density at radius 2 is 2.31 bits per heavy atom. The maximum Gasteiger partial charge on any atom is 0.332 e. The van der Waals surface area contributed by atoms with Crippen molar-refractivity contribution in [3.8, 4) is 0 Å². The van der Waals surface area contributed by atoms with Crippen LogP contribution in [0.15, 0.2) is 6.07 Å². The van der Waals surface area contributed by atoms with E-state index in [0.717, 1.165) is 5.69 Å². The Kier molecular flexibility index (Phi) is 4.01. The van der Waals surface area contributed by atoms with Crippen molar-refractivity contribution in [3.05, 3.63) is 17.5 Å². The normalized spacial score (nSPS) is 12.1. The molecule has 1 atom stereocenters. The second-order valence-electron chi connectivity index (χ2n) is 3.33. The first kappa shape index (κ1) is 12.2. The van der Waals surface area contributed by atoms with Gasteiger partial charge in [-0.05, 0) is 13.0 Å². The second-order valence-corrected chi connectivity index (χ2v) is 3.33. The lowest BCUT2D eigenvalue weighted by molar-refractivity contribution is -0.146. The van der Waals surface area contributed by atoms with E-state index in [-0.39, 0.29) is 18.7 Å². The molecule has 7 nitrogen and oxygen atoms in total. The van der Waals surface area contributed by atoms with Gasteiger partial charge in [0.2, 0.25) is 0 Å². The first-order chi connectivity index (χ1) is 7.50. The van der Waals surface area contributed by atoms with Crippen LogP contribution in [0.1, 0.15) is 22.6 Å². The lowest BCUT2D eigenvalue weighted by Gasteiger charge is -2.05. The van der Waals surface area contributed by atoms with Crippen molar-refractivity contribution in [3.63, 3.8) is 0 Å². The molecule has 0 aliphatic heterocycles. The van der Waals surface area contributed by atoms with Gasteiger partial charge in [-0.1, -0.05) is 0 Å². The molecule has 0 fully saturated rings. The van der Waals surface area contributed by atoms with Crippen LogP contribution in [0.25, 0.3) is 0 Å². The third kappa shape index (κ3) is 3.35. The van der Waals surface area contributed by atoms with E-state index in [2.05, 4.69) is 15.5 Å². The maximum absolute atomic E-state index is 11.4. The van der Waals surface area contributed by atoms with E-state index >= 15 is 0 Å². The molecule has 1 heterocycles. The fraction of sp³-hybridized carbons (Fsp3) is 0.444. The highest BCUT2D eigenvalue weighted by atomic mass is 16.4. The first-order valence-electron chi connectivity index (χ1n) is 4.72. The molecular weight excluding hydrogens is 214 g/mol. The van der Waals surface area contributed by atoms with Crippen molar-refractivity contribution in [1.82, 2.24) is 15.5 Å². The van der Waals surface area contributed by atoms with Crippen LogP contribution in [0, 0.1) is 6.92 Å². The Hall–Kier alpha value is -1.89. The standard InChI is InChI=1S/C9H13N3O4/c1-5-4-6(12-11-5)8(14)10-3-2-7(13)9(15)16/h4,7,13H,2-3H2,1H3,(H,10,14)(H,11,12)(H,15,16). The molecule has 4 N–H and O–H groups in total. The van der Waals surface area contributed by atoms with Gasteiger partial charge < -0.3 is 15.5 Å². The van der Waals surface area contributed by atoms with Gasteiger partial charge in [-0.25, -0.2) is 4.79 Å². The van der Waals surface area contributed by atoms with Gasteiger partial charge in [0.05, 0.1) is 0 Å². The van der Waals surface area contributed by atoms with Gasteiger partial charge in [0, 0.05) is 18.7 Å². The second kappa shape index (κ2) is 5.26. The van der Waals surface area contributed by atoms with E-state index in [1.165, 1.54) is 0 Å². The average molecular weight is 227 g/mol. The summed E-state index contributed by atoms with van der Waals surface area (Å²) in [5, 5.41) is 26.1. The van der Waals surface area contributed by atoms with Crippen LogP contribution in [-0.4, -0.2) is 44.9 Å². The smallest absolute Gasteiger partial charge is 0.332 e. The van der Waals surface area contributed by atoms with Gasteiger partial charge in [0.15, 0.2) is 6.10 Å². The number of carbonyl (C=O) groups excluding carboxylic acids is 1. The summed E-state index contributed by atoms with van der Waals surface area (Å²) in [5.41, 5.74) is 0.998. The highest BCUT2D eigenvalue weighted by Gasteiger charge is 2.14. The summed E-state index contributed by atoms with van der Waals surface area (Å²) in [5.74, 6) is -1.70. The summed E-state index contributed by atoms with van der Waals surface area (Å²) in [6.45, 7) is 1.84. The van der Waals surface area contributed by atoms with Crippen LogP contribution >= 0.6 is 0 Å². The van der Waals surface area contributed by atoms with Crippen LogP contribution in [-0.2, 0) is 4.79 Å².